The van der Waals surface area contributed by atoms with Crippen molar-refractivity contribution in [2.75, 3.05) is 0 Å². The van der Waals surface area contributed by atoms with Crippen LogP contribution in [-0.4, -0.2) is 16.8 Å². The fourth-order valence-corrected chi connectivity index (χ4v) is 1.93. The van der Waals surface area contributed by atoms with Crippen LogP contribution >= 0.6 is 0 Å². The van der Waals surface area contributed by atoms with E-state index in [9.17, 15) is 14.7 Å². The lowest BCUT2D eigenvalue weighted by atomic mass is 10.0. The number of amides is 1. The Bertz CT molecular complexity index is 733. The van der Waals surface area contributed by atoms with Crippen LogP contribution in [0.5, 0.6) is 5.75 Å². The zero-order valence-corrected chi connectivity index (χ0v) is 11.5. The second-order valence-corrected chi connectivity index (χ2v) is 4.71. The second kappa shape index (κ2) is 6.05. The van der Waals surface area contributed by atoms with E-state index in [1.54, 1.807) is 6.08 Å². The van der Waals surface area contributed by atoms with E-state index in [-0.39, 0.29) is 17.1 Å². The molecule has 2 rings (SSSR count). The molecule has 0 saturated heterocycles. The van der Waals surface area contributed by atoms with Gasteiger partial charge in [0.2, 0.25) is 0 Å². The van der Waals surface area contributed by atoms with E-state index in [0.29, 0.717) is 5.56 Å². The number of aromatic hydroxyl groups is 1. The normalized spacial score (nSPS) is 10.7. The molecule has 0 radical (unpaired) electrons. The van der Waals surface area contributed by atoms with E-state index in [2.05, 4.69) is 0 Å². The third-order valence-corrected chi connectivity index (χ3v) is 3.02. The predicted molar refractivity (Wildman–Crippen MR) is 81.2 cm³/mol. The standard InChI is InChI=1S/C17H15NO3/c1-11-3-2-4-12(9-11)5-7-15(19)13-6-8-16(20)14(10-13)17(18)21/h2-10,20H,1H3,(H2,18,21)/b7-5+. The van der Waals surface area contributed by atoms with Crippen LogP contribution in [0.1, 0.15) is 31.8 Å². The maximum absolute atomic E-state index is 12.1. The maximum Gasteiger partial charge on any atom is 0.252 e. The highest BCUT2D eigenvalue weighted by Crippen LogP contribution is 2.18. The Kier molecular flexibility index (Phi) is 4.18. The fourth-order valence-electron chi connectivity index (χ4n) is 1.93. The van der Waals surface area contributed by atoms with Crippen LogP contribution in [0.4, 0.5) is 0 Å². The van der Waals surface area contributed by atoms with Crippen molar-refractivity contribution in [1.82, 2.24) is 0 Å². The summed E-state index contributed by atoms with van der Waals surface area (Å²) in [5, 5.41) is 9.50. The zero-order chi connectivity index (χ0) is 15.4. The first-order chi connectivity index (χ1) is 9.97. The van der Waals surface area contributed by atoms with Gasteiger partial charge in [0.25, 0.3) is 5.91 Å². The molecule has 0 fully saturated rings. The fraction of sp³-hybridized carbons (Fsp3) is 0.0588. The van der Waals surface area contributed by atoms with Crippen LogP contribution < -0.4 is 5.73 Å². The number of carbonyl (C=O) groups is 2. The number of phenols is 1. The molecule has 2 aromatic carbocycles. The minimum atomic E-state index is -0.773. The van der Waals surface area contributed by atoms with Gasteiger partial charge in [-0.1, -0.05) is 35.9 Å². The summed E-state index contributed by atoms with van der Waals surface area (Å²) in [4.78, 5) is 23.2. The van der Waals surface area contributed by atoms with Gasteiger partial charge in [-0.05, 0) is 36.8 Å². The lowest BCUT2D eigenvalue weighted by Crippen LogP contribution is -2.12. The Hall–Kier alpha value is -2.88. The number of ketones is 1. The van der Waals surface area contributed by atoms with Crippen molar-refractivity contribution >= 4 is 17.8 Å². The molecule has 0 aliphatic carbocycles. The van der Waals surface area contributed by atoms with Gasteiger partial charge in [-0.25, -0.2) is 0 Å². The molecule has 0 bridgehead atoms. The first-order valence-corrected chi connectivity index (χ1v) is 6.39. The molecular weight excluding hydrogens is 266 g/mol. The Morgan fingerprint density at radius 1 is 1.14 bits per heavy atom. The number of rotatable bonds is 4. The molecule has 1 amide bonds. The number of hydrogen-bond acceptors (Lipinski definition) is 3. The number of hydrogen-bond donors (Lipinski definition) is 2. The first-order valence-electron chi connectivity index (χ1n) is 6.39. The molecule has 2 aromatic rings. The van der Waals surface area contributed by atoms with Crippen molar-refractivity contribution < 1.29 is 14.7 Å². The molecule has 0 saturated carbocycles. The van der Waals surface area contributed by atoms with E-state index in [1.165, 1.54) is 24.3 Å². The van der Waals surface area contributed by atoms with E-state index in [0.717, 1.165) is 11.1 Å². The smallest absolute Gasteiger partial charge is 0.252 e. The highest BCUT2D eigenvalue weighted by Gasteiger charge is 2.11. The van der Waals surface area contributed by atoms with Crippen molar-refractivity contribution in [3.05, 3.63) is 70.8 Å². The number of carbonyl (C=O) groups excluding carboxylic acids is 2. The number of nitrogens with two attached hydrogens (primary N) is 1. The summed E-state index contributed by atoms with van der Waals surface area (Å²) in [6, 6.07) is 11.8. The van der Waals surface area contributed by atoms with Crippen LogP contribution in [0.15, 0.2) is 48.5 Å². The molecular formula is C17H15NO3. The van der Waals surface area contributed by atoms with Crippen LogP contribution in [0.25, 0.3) is 6.08 Å². The van der Waals surface area contributed by atoms with E-state index in [4.69, 9.17) is 5.73 Å². The minimum Gasteiger partial charge on any atom is -0.507 e. The Morgan fingerprint density at radius 2 is 1.90 bits per heavy atom. The van der Waals surface area contributed by atoms with Crippen molar-refractivity contribution in [2.24, 2.45) is 5.73 Å². The average Bonchev–Trinajstić information content (AvgIpc) is 2.45. The second-order valence-electron chi connectivity index (χ2n) is 4.71. The molecule has 4 heteroatoms. The number of primary amides is 1. The third kappa shape index (κ3) is 3.57. The van der Waals surface area contributed by atoms with Gasteiger partial charge in [-0.2, -0.15) is 0 Å². The van der Waals surface area contributed by atoms with Gasteiger partial charge in [-0.3, -0.25) is 9.59 Å². The summed E-state index contributed by atoms with van der Waals surface area (Å²) in [6.45, 7) is 1.97. The predicted octanol–water partition coefficient (Wildman–Crippen LogP) is 2.70. The number of allylic oxidation sites excluding steroid dienone is 1. The average molecular weight is 281 g/mol. The molecule has 0 atom stereocenters. The molecule has 3 N–H and O–H groups in total. The van der Waals surface area contributed by atoms with E-state index >= 15 is 0 Å². The van der Waals surface area contributed by atoms with Crippen LogP contribution in [0, 0.1) is 6.92 Å². The molecule has 0 unspecified atom stereocenters. The highest BCUT2D eigenvalue weighted by atomic mass is 16.3. The number of benzene rings is 2. The molecule has 0 aliphatic rings. The Labute approximate surface area is 122 Å². The first kappa shape index (κ1) is 14.5. The van der Waals surface area contributed by atoms with Gasteiger partial charge in [0.15, 0.2) is 5.78 Å². The largest absolute Gasteiger partial charge is 0.507 e. The maximum atomic E-state index is 12.1. The van der Waals surface area contributed by atoms with Gasteiger partial charge in [-0.15, -0.1) is 0 Å². The van der Waals surface area contributed by atoms with Crippen molar-refractivity contribution in [3.8, 4) is 5.75 Å². The van der Waals surface area contributed by atoms with E-state index < -0.39 is 5.91 Å². The van der Waals surface area contributed by atoms with Crippen LogP contribution in [0.2, 0.25) is 0 Å². The van der Waals surface area contributed by atoms with Gasteiger partial charge in [0.05, 0.1) is 5.56 Å². The summed E-state index contributed by atoms with van der Waals surface area (Å²) in [6.07, 6.45) is 3.12. The van der Waals surface area contributed by atoms with Crippen molar-refractivity contribution in [1.29, 1.82) is 0 Å². The highest BCUT2D eigenvalue weighted by molar-refractivity contribution is 6.08. The lowest BCUT2D eigenvalue weighted by molar-refractivity contribution is 0.0997. The van der Waals surface area contributed by atoms with Gasteiger partial charge in [0, 0.05) is 5.56 Å². The van der Waals surface area contributed by atoms with Gasteiger partial charge < -0.3 is 10.8 Å². The number of aryl methyl sites for hydroxylation is 1. The molecule has 0 heterocycles. The summed E-state index contributed by atoms with van der Waals surface area (Å²) in [5.41, 5.74) is 7.39. The van der Waals surface area contributed by atoms with Crippen LogP contribution in [0.3, 0.4) is 0 Å². The molecule has 106 valence electrons. The molecule has 4 nitrogen and oxygen atoms in total. The van der Waals surface area contributed by atoms with Crippen LogP contribution in [-0.2, 0) is 0 Å². The van der Waals surface area contributed by atoms with Crippen molar-refractivity contribution in [2.45, 2.75) is 6.92 Å². The Balaban J connectivity index is 2.25. The summed E-state index contributed by atoms with van der Waals surface area (Å²) < 4.78 is 0. The molecule has 21 heavy (non-hydrogen) atoms. The topological polar surface area (TPSA) is 80.4 Å². The van der Waals surface area contributed by atoms with Crippen molar-refractivity contribution in [3.63, 3.8) is 0 Å². The molecule has 0 spiro atoms. The monoisotopic (exact) mass is 281 g/mol. The lowest BCUT2D eigenvalue weighted by Gasteiger charge is -2.02. The molecule has 0 aliphatic heterocycles. The third-order valence-electron chi connectivity index (χ3n) is 3.02. The summed E-state index contributed by atoms with van der Waals surface area (Å²) in [7, 11) is 0. The zero-order valence-electron chi connectivity index (χ0n) is 11.5. The summed E-state index contributed by atoms with van der Waals surface area (Å²) >= 11 is 0. The van der Waals surface area contributed by atoms with Gasteiger partial charge >= 0.3 is 0 Å². The van der Waals surface area contributed by atoms with E-state index in [1.807, 2.05) is 31.2 Å². The summed E-state index contributed by atoms with van der Waals surface area (Å²) in [5.74, 6) is -1.27. The quantitative estimate of drug-likeness (QED) is 0.668. The SMILES string of the molecule is Cc1cccc(/C=C/C(=O)c2ccc(O)c(C(N)=O)c2)c1. The Morgan fingerprint density at radius 3 is 2.57 bits per heavy atom. The van der Waals surface area contributed by atoms with Gasteiger partial charge in [0.1, 0.15) is 5.75 Å². The minimum absolute atomic E-state index is 0.0650. The molecule has 0 aromatic heterocycles.